The number of nitrogens with one attached hydrogen (secondary N) is 2. The van der Waals surface area contributed by atoms with Gasteiger partial charge in [-0.3, -0.25) is 9.59 Å². The van der Waals surface area contributed by atoms with Crippen molar-refractivity contribution in [3.63, 3.8) is 0 Å². The van der Waals surface area contributed by atoms with Gasteiger partial charge < -0.3 is 15.2 Å². The quantitative estimate of drug-likeness (QED) is 0.710. The summed E-state index contributed by atoms with van der Waals surface area (Å²) in [5.41, 5.74) is 0.889. The SMILES string of the molecule is O=C(Nc1ccc(Cl)cc1)[C@@H]1CCCN(S(=O)(=O)c2c[nH]c(C(=O)N3CCCC3)c2)C1. The van der Waals surface area contributed by atoms with Crippen molar-refractivity contribution >= 4 is 39.1 Å². The van der Waals surface area contributed by atoms with Gasteiger partial charge in [0.1, 0.15) is 10.6 Å². The van der Waals surface area contributed by atoms with Crippen molar-refractivity contribution in [1.82, 2.24) is 14.2 Å². The normalized spacial score (nSPS) is 20.0. The summed E-state index contributed by atoms with van der Waals surface area (Å²) < 4.78 is 27.6. The van der Waals surface area contributed by atoms with Gasteiger partial charge in [-0.15, -0.1) is 0 Å². The zero-order valence-electron chi connectivity index (χ0n) is 17.0. The van der Waals surface area contributed by atoms with Crippen LogP contribution in [0.15, 0.2) is 41.4 Å². The first-order chi connectivity index (χ1) is 14.8. The number of sulfonamides is 1. The number of carbonyl (C=O) groups is 2. The third kappa shape index (κ3) is 4.78. The number of carbonyl (C=O) groups excluding carboxylic acids is 2. The number of halogens is 1. The highest BCUT2D eigenvalue weighted by atomic mass is 35.5. The van der Waals surface area contributed by atoms with Crippen molar-refractivity contribution in [2.24, 2.45) is 5.92 Å². The van der Waals surface area contributed by atoms with Crippen LogP contribution in [0.5, 0.6) is 0 Å². The van der Waals surface area contributed by atoms with Gasteiger partial charge in [-0.25, -0.2) is 8.42 Å². The Bertz CT molecular complexity index is 1060. The number of rotatable bonds is 5. The number of hydrogen-bond donors (Lipinski definition) is 2. The molecule has 10 heteroatoms. The van der Waals surface area contributed by atoms with Crippen molar-refractivity contribution in [3.05, 3.63) is 47.2 Å². The number of amides is 2. The van der Waals surface area contributed by atoms with E-state index < -0.39 is 15.9 Å². The van der Waals surface area contributed by atoms with Crippen LogP contribution in [0.4, 0.5) is 5.69 Å². The molecule has 2 aliphatic heterocycles. The highest BCUT2D eigenvalue weighted by Gasteiger charge is 2.34. The van der Waals surface area contributed by atoms with Crippen LogP contribution < -0.4 is 5.32 Å². The predicted octanol–water partition coefficient (Wildman–Crippen LogP) is 2.94. The Balaban J connectivity index is 1.44. The smallest absolute Gasteiger partial charge is 0.270 e. The summed E-state index contributed by atoms with van der Waals surface area (Å²) >= 11 is 5.87. The average molecular weight is 465 g/mol. The maximum atomic E-state index is 13.1. The van der Waals surface area contributed by atoms with E-state index in [1.807, 2.05) is 0 Å². The molecular formula is C21H25ClN4O4S. The second-order valence-electron chi connectivity index (χ2n) is 7.95. The molecule has 0 saturated carbocycles. The maximum absolute atomic E-state index is 13.1. The maximum Gasteiger partial charge on any atom is 0.270 e. The minimum atomic E-state index is -3.81. The van der Waals surface area contributed by atoms with E-state index in [9.17, 15) is 18.0 Å². The number of anilines is 1. The van der Waals surface area contributed by atoms with E-state index in [2.05, 4.69) is 10.3 Å². The van der Waals surface area contributed by atoms with E-state index in [1.165, 1.54) is 16.6 Å². The second-order valence-corrected chi connectivity index (χ2v) is 10.3. The molecule has 8 nitrogen and oxygen atoms in total. The molecule has 2 fully saturated rings. The van der Waals surface area contributed by atoms with Crippen LogP contribution >= 0.6 is 11.6 Å². The third-order valence-corrected chi connectivity index (χ3v) is 7.88. The first kappa shape index (κ1) is 21.9. The van der Waals surface area contributed by atoms with Crippen LogP contribution in [0.25, 0.3) is 0 Å². The number of nitrogens with zero attached hydrogens (tertiary/aromatic N) is 2. The van der Waals surface area contributed by atoms with Crippen LogP contribution in [0.2, 0.25) is 5.02 Å². The molecule has 166 valence electrons. The van der Waals surface area contributed by atoms with Crippen LogP contribution in [-0.2, 0) is 14.8 Å². The first-order valence-corrected chi connectivity index (χ1v) is 12.2. The zero-order valence-corrected chi connectivity index (χ0v) is 18.6. The van der Waals surface area contributed by atoms with Crippen molar-refractivity contribution in [1.29, 1.82) is 0 Å². The molecule has 2 aliphatic rings. The Morgan fingerprint density at radius 2 is 1.77 bits per heavy atom. The van der Waals surface area contributed by atoms with E-state index in [-0.39, 0.29) is 28.9 Å². The Kier molecular flexibility index (Phi) is 6.36. The lowest BCUT2D eigenvalue weighted by atomic mass is 9.99. The largest absolute Gasteiger partial charge is 0.356 e. The lowest BCUT2D eigenvalue weighted by Crippen LogP contribution is -2.43. The minimum absolute atomic E-state index is 0.0498. The molecule has 2 saturated heterocycles. The lowest BCUT2D eigenvalue weighted by molar-refractivity contribution is -0.120. The summed E-state index contributed by atoms with van der Waals surface area (Å²) in [6.07, 6.45) is 4.48. The topological polar surface area (TPSA) is 103 Å². The summed E-state index contributed by atoms with van der Waals surface area (Å²) in [6.45, 7) is 1.82. The molecule has 0 unspecified atom stereocenters. The van der Waals surface area contributed by atoms with Gasteiger partial charge in [0.15, 0.2) is 0 Å². The molecule has 3 heterocycles. The van der Waals surface area contributed by atoms with Crippen LogP contribution in [0.1, 0.15) is 36.2 Å². The molecule has 0 bridgehead atoms. The van der Waals surface area contributed by atoms with Gasteiger partial charge >= 0.3 is 0 Å². The highest BCUT2D eigenvalue weighted by molar-refractivity contribution is 7.89. The fourth-order valence-corrected chi connectivity index (χ4v) is 5.68. The molecule has 0 spiro atoms. The van der Waals surface area contributed by atoms with Crippen molar-refractivity contribution in [2.45, 2.75) is 30.6 Å². The molecule has 1 aromatic carbocycles. The fourth-order valence-electron chi connectivity index (χ4n) is 4.04. The minimum Gasteiger partial charge on any atom is -0.356 e. The number of likely N-dealkylation sites (tertiary alicyclic amines) is 1. The fraction of sp³-hybridized carbons (Fsp3) is 0.429. The Morgan fingerprint density at radius 3 is 2.48 bits per heavy atom. The van der Waals surface area contributed by atoms with Gasteiger partial charge in [-0.05, 0) is 56.0 Å². The van der Waals surface area contributed by atoms with E-state index in [0.717, 1.165) is 12.8 Å². The molecule has 1 aromatic heterocycles. The van der Waals surface area contributed by atoms with Crippen molar-refractivity contribution in [2.75, 3.05) is 31.5 Å². The Morgan fingerprint density at radius 1 is 1.06 bits per heavy atom. The van der Waals surface area contributed by atoms with E-state index in [0.29, 0.717) is 43.2 Å². The monoisotopic (exact) mass is 464 g/mol. The Hall–Kier alpha value is -2.36. The van der Waals surface area contributed by atoms with Gasteiger partial charge in [0.05, 0.1) is 5.92 Å². The number of aromatic nitrogens is 1. The predicted molar refractivity (Wildman–Crippen MR) is 117 cm³/mol. The van der Waals surface area contributed by atoms with Gasteiger partial charge in [0.25, 0.3) is 5.91 Å². The number of aromatic amines is 1. The first-order valence-electron chi connectivity index (χ1n) is 10.4. The van der Waals surface area contributed by atoms with E-state index in [4.69, 9.17) is 11.6 Å². The van der Waals surface area contributed by atoms with Gasteiger partial charge in [0.2, 0.25) is 15.9 Å². The third-order valence-electron chi connectivity index (χ3n) is 5.78. The molecule has 2 N–H and O–H groups in total. The molecule has 1 atom stereocenters. The molecular weight excluding hydrogens is 440 g/mol. The summed E-state index contributed by atoms with van der Waals surface area (Å²) in [6, 6.07) is 8.17. The average Bonchev–Trinajstić information content (AvgIpc) is 3.48. The van der Waals surface area contributed by atoms with Gasteiger partial charge in [-0.2, -0.15) is 4.31 Å². The van der Waals surface area contributed by atoms with Crippen molar-refractivity contribution < 1.29 is 18.0 Å². The number of piperidine rings is 1. The number of hydrogen-bond acceptors (Lipinski definition) is 4. The molecule has 0 radical (unpaired) electrons. The van der Waals surface area contributed by atoms with Crippen molar-refractivity contribution in [3.8, 4) is 0 Å². The van der Waals surface area contributed by atoms with E-state index >= 15 is 0 Å². The van der Waals surface area contributed by atoms with Gasteiger partial charge in [-0.1, -0.05) is 11.6 Å². The van der Waals surface area contributed by atoms with Gasteiger partial charge in [0, 0.05) is 43.1 Å². The number of benzene rings is 1. The molecule has 31 heavy (non-hydrogen) atoms. The number of H-pyrrole nitrogens is 1. The Labute approximate surface area is 186 Å². The second kappa shape index (κ2) is 9.02. The molecule has 0 aliphatic carbocycles. The highest BCUT2D eigenvalue weighted by Crippen LogP contribution is 2.26. The lowest BCUT2D eigenvalue weighted by Gasteiger charge is -2.30. The summed E-state index contributed by atoms with van der Waals surface area (Å²) in [7, 11) is -3.81. The van der Waals surface area contributed by atoms with Crippen LogP contribution in [0.3, 0.4) is 0 Å². The van der Waals surface area contributed by atoms with Crippen LogP contribution in [-0.4, -0.2) is 60.6 Å². The summed E-state index contributed by atoms with van der Waals surface area (Å²) in [4.78, 5) is 29.8. The zero-order chi connectivity index (χ0) is 22.0. The molecule has 2 aromatic rings. The molecule has 4 rings (SSSR count). The van der Waals surface area contributed by atoms with E-state index in [1.54, 1.807) is 29.2 Å². The van der Waals surface area contributed by atoms with Crippen LogP contribution in [0, 0.1) is 5.92 Å². The molecule has 2 amide bonds. The summed E-state index contributed by atoms with van der Waals surface area (Å²) in [5, 5.41) is 3.40. The standard InChI is InChI=1S/C21H25ClN4O4S/c22-16-5-7-17(8-6-16)24-20(27)15-4-3-11-26(14-15)31(29,30)18-12-19(23-13-18)21(28)25-9-1-2-10-25/h5-8,12-13,15,23H,1-4,9-11,14H2,(H,24,27)/t15-/m1/s1. The summed E-state index contributed by atoms with van der Waals surface area (Å²) in [5.74, 6) is -0.858.